The van der Waals surface area contributed by atoms with E-state index in [4.69, 9.17) is 9.47 Å². The van der Waals surface area contributed by atoms with E-state index in [1.165, 1.54) is 205 Å². The zero-order chi connectivity index (χ0) is 35.6. The lowest BCUT2D eigenvalue weighted by molar-refractivity contribution is -0.154. The molecule has 0 heterocycles. The topological polar surface area (TPSA) is 55.8 Å². The number of carbonyl (C=O) groups excluding carboxylic acids is 1. The van der Waals surface area contributed by atoms with Gasteiger partial charge in [0.05, 0.1) is 13.2 Å². The molecule has 0 saturated carbocycles. The van der Waals surface area contributed by atoms with Crippen LogP contribution in [0.3, 0.4) is 0 Å². The van der Waals surface area contributed by atoms with E-state index in [1.807, 2.05) is 0 Å². The Hall–Kier alpha value is -0.870. The molecule has 4 nitrogen and oxygen atoms in total. The van der Waals surface area contributed by atoms with Crippen molar-refractivity contribution in [1.29, 1.82) is 0 Å². The zero-order valence-electron chi connectivity index (χ0n) is 33.5. The van der Waals surface area contributed by atoms with Crippen LogP contribution in [0.5, 0.6) is 0 Å². The minimum absolute atomic E-state index is 0.169. The fourth-order valence-corrected chi connectivity index (χ4v) is 6.74. The highest BCUT2D eigenvalue weighted by atomic mass is 16.6. The van der Waals surface area contributed by atoms with Gasteiger partial charge in [0.25, 0.3) is 0 Å². The monoisotopic (exact) mass is 693 g/mol. The van der Waals surface area contributed by atoms with Crippen molar-refractivity contribution in [3.05, 3.63) is 12.2 Å². The molecule has 1 atom stereocenters. The SMILES string of the molecule is CCCCCC/C=C\CCCCCCCC(=O)OC(CO)COCCCCCCCCCCCCCCCCCCCCCCCCCC. The van der Waals surface area contributed by atoms with Gasteiger partial charge in [0, 0.05) is 13.0 Å². The average Bonchev–Trinajstić information content (AvgIpc) is 3.11. The smallest absolute Gasteiger partial charge is 0.306 e. The normalized spacial score (nSPS) is 12.3. The summed E-state index contributed by atoms with van der Waals surface area (Å²) in [5.41, 5.74) is 0. The number of esters is 1. The van der Waals surface area contributed by atoms with Crippen molar-refractivity contribution in [2.45, 2.75) is 251 Å². The lowest BCUT2D eigenvalue weighted by Crippen LogP contribution is -2.27. The summed E-state index contributed by atoms with van der Waals surface area (Å²) in [5.74, 6) is -0.205. The molecule has 0 saturated heterocycles. The van der Waals surface area contributed by atoms with Crippen molar-refractivity contribution in [3.63, 3.8) is 0 Å². The standard InChI is InChI=1S/C45H88O4/c1-3-5-7-9-11-13-15-17-18-19-20-21-22-23-24-25-26-27-29-31-33-35-37-39-41-48-43-44(42-46)49-45(47)40-38-36-34-32-30-28-16-14-12-10-8-6-4-2/h14,16,44,46H,3-13,15,17-43H2,1-2H3/b16-14-. The fourth-order valence-electron chi connectivity index (χ4n) is 6.74. The summed E-state index contributed by atoms with van der Waals surface area (Å²) in [6.07, 6.45) is 51.4. The predicted molar refractivity (Wildman–Crippen MR) is 214 cm³/mol. The molecule has 0 aromatic carbocycles. The van der Waals surface area contributed by atoms with Gasteiger partial charge >= 0.3 is 5.97 Å². The summed E-state index contributed by atoms with van der Waals surface area (Å²) in [4.78, 5) is 12.2. The first-order chi connectivity index (χ1) is 24.2. The van der Waals surface area contributed by atoms with Crippen molar-refractivity contribution >= 4 is 5.97 Å². The third kappa shape index (κ3) is 41.4. The van der Waals surface area contributed by atoms with E-state index in [-0.39, 0.29) is 12.6 Å². The van der Waals surface area contributed by atoms with Crippen LogP contribution in [0.2, 0.25) is 0 Å². The molecule has 0 radical (unpaired) electrons. The number of ether oxygens (including phenoxy) is 2. The Balaban J connectivity index is 3.33. The lowest BCUT2D eigenvalue weighted by atomic mass is 10.0. The van der Waals surface area contributed by atoms with Crippen LogP contribution >= 0.6 is 0 Å². The molecule has 0 aromatic rings. The van der Waals surface area contributed by atoms with Crippen LogP contribution in [0, 0.1) is 0 Å². The van der Waals surface area contributed by atoms with Gasteiger partial charge in [0.15, 0.2) is 0 Å². The summed E-state index contributed by atoms with van der Waals surface area (Å²) in [7, 11) is 0. The molecule has 0 aliphatic rings. The Kier molecular flexibility index (Phi) is 42.5. The summed E-state index contributed by atoms with van der Waals surface area (Å²) < 4.78 is 11.2. The lowest BCUT2D eigenvalue weighted by Gasteiger charge is -2.15. The highest BCUT2D eigenvalue weighted by Crippen LogP contribution is 2.16. The molecule has 0 aromatic heterocycles. The third-order valence-corrected chi connectivity index (χ3v) is 10.1. The molecule has 292 valence electrons. The molecular weight excluding hydrogens is 604 g/mol. The van der Waals surface area contributed by atoms with E-state index in [0.717, 1.165) is 19.3 Å². The predicted octanol–water partition coefficient (Wildman–Crippen LogP) is 14.5. The van der Waals surface area contributed by atoms with Crippen LogP contribution < -0.4 is 0 Å². The highest BCUT2D eigenvalue weighted by Gasteiger charge is 2.13. The summed E-state index contributed by atoms with van der Waals surface area (Å²) in [5, 5.41) is 9.59. The van der Waals surface area contributed by atoms with Gasteiger partial charge in [-0.3, -0.25) is 4.79 Å². The van der Waals surface area contributed by atoms with Crippen LogP contribution in [0.25, 0.3) is 0 Å². The molecule has 0 fully saturated rings. The van der Waals surface area contributed by atoms with Crippen LogP contribution in [-0.4, -0.2) is 37.0 Å². The second-order valence-electron chi connectivity index (χ2n) is 15.1. The molecule has 0 spiro atoms. The molecule has 49 heavy (non-hydrogen) atoms. The van der Waals surface area contributed by atoms with Gasteiger partial charge < -0.3 is 14.6 Å². The first-order valence-corrected chi connectivity index (χ1v) is 22.3. The third-order valence-electron chi connectivity index (χ3n) is 10.1. The molecule has 0 amide bonds. The van der Waals surface area contributed by atoms with Gasteiger partial charge in [-0.05, 0) is 38.5 Å². The number of hydrogen-bond donors (Lipinski definition) is 1. The van der Waals surface area contributed by atoms with Gasteiger partial charge in [-0.2, -0.15) is 0 Å². The minimum atomic E-state index is -0.532. The van der Waals surface area contributed by atoms with E-state index in [2.05, 4.69) is 26.0 Å². The summed E-state index contributed by atoms with van der Waals surface area (Å²) in [6, 6.07) is 0. The van der Waals surface area contributed by atoms with Crippen LogP contribution in [0.15, 0.2) is 12.2 Å². The van der Waals surface area contributed by atoms with Gasteiger partial charge in [0.1, 0.15) is 6.10 Å². The van der Waals surface area contributed by atoms with Crippen LogP contribution in [0.4, 0.5) is 0 Å². The summed E-state index contributed by atoms with van der Waals surface area (Å²) in [6.45, 7) is 5.36. The number of rotatable bonds is 42. The number of aliphatic hydroxyl groups is 1. The van der Waals surface area contributed by atoms with Crippen LogP contribution in [0.1, 0.15) is 245 Å². The molecule has 0 aliphatic carbocycles. The van der Waals surface area contributed by atoms with E-state index in [1.54, 1.807) is 0 Å². The van der Waals surface area contributed by atoms with Gasteiger partial charge in [-0.25, -0.2) is 0 Å². The van der Waals surface area contributed by atoms with Crippen molar-refractivity contribution < 1.29 is 19.4 Å². The van der Waals surface area contributed by atoms with Crippen molar-refractivity contribution in [3.8, 4) is 0 Å². The maximum Gasteiger partial charge on any atom is 0.306 e. The number of carbonyl (C=O) groups is 1. The second-order valence-corrected chi connectivity index (χ2v) is 15.1. The minimum Gasteiger partial charge on any atom is -0.457 e. The van der Waals surface area contributed by atoms with Gasteiger partial charge in [-0.15, -0.1) is 0 Å². The van der Waals surface area contributed by atoms with E-state index in [0.29, 0.717) is 19.6 Å². The van der Waals surface area contributed by atoms with Gasteiger partial charge in [0.2, 0.25) is 0 Å². The molecular formula is C45H88O4. The molecule has 0 aliphatic heterocycles. The molecule has 1 unspecified atom stereocenters. The average molecular weight is 693 g/mol. The Bertz CT molecular complexity index is 648. The number of aliphatic hydroxyl groups excluding tert-OH is 1. The highest BCUT2D eigenvalue weighted by molar-refractivity contribution is 5.69. The van der Waals surface area contributed by atoms with Crippen LogP contribution in [-0.2, 0) is 14.3 Å². The quantitative estimate of drug-likeness (QED) is 0.0393. The van der Waals surface area contributed by atoms with Gasteiger partial charge in [-0.1, -0.05) is 212 Å². The molecule has 4 heteroatoms. The largest absolute Gasteiger partial charge is 0.457 e. The van der Waals surface area contributed by atoms with Crippen molar-refractivity contribution in [2.75, 3.05) is 19.8 Å². The molecule has 1 N–H and O–H groups in total. The maximum absolute atomic E-state index is 12.2. The zero-order valence-corrected chi connectivity index (χ0v) is 33.5. The molecule has 0 rings (SSSR count). The Morgan fingerprint density at radius 3 is 1.18 bits per heavy atom. The van der Waals surface area contributed by atoms with E-state index >= 15 is 0 Å². The number of hydrogen-bond acceptors (Lipinski definition) is 4. The maximum atomic E-state index is 12.2. The molecule has 0 bridgehead atoms. The Morgan fingerprint density at radius 1 is 0.469 bits per heavy atom. The number of allylic oxidation sites excluding steroid dienone is 2. The van der Waals surface area contributed by atoms with E-state index < -0.39 is 6.10 Å². The first-order valence-electron chi connectivity index (χ1n) is 22.3. The van der Waals surface area contributed by atoms with Crippen molar-refractivity contribution in [1.82, 2.24) is 0 Å². The summed E-state index contributed by atoms with van der Waals surface area (Å²) >= 11 is 0. The number of unbranched alkanes of at least 4 members (excludes halogenated alkanes) is 32. The Morgan fingerprint density at radius 2 is 0.796 bits per heavy atom. The van der Waals surface area contributed by atoms with Crippen molar-refractivity contribution in [2.24, 2.45) is 0 Å². The fraction of sp³-hybridized carbons (Fsp3) is 0.933. The van der Waals surface area contributed by atoms with E-state index in [9.17, 15) is 9.90 Å². The Labute approximate surface area is 307 Å². The second kappa shape index (κ2) is 43.3. The first kappa shape index (κ1) is 48.1.